The molecule has 0 unspecified atom stereocenters. The summed E-state index contributed by atoms with van der Waals surface area (Å²) in [6.07, 6.45) is 1.04. The van der Waals surface area contributed by atoms with Gasteiger partial charge in [0.25, 0.3) is 0 Å². The molecule has 6 heteroatoms. The highest BCUT2D eigenvalue weighted by atomic mass is 32.2. The van der Waals surface area contributed by atoms with Crippen molar-refractivity contribution in [2.24, 2.45) is 0 Å². The van der Waals surface area contributed by atoms with Gasteiger partial charge in [0.1, 0.15) is 0 Å². The van der Waals surface area contributed by atoms with Crippen molar-refractivity contribution in [3.63, 3.8) is 0 Å². The van der Waals surface area contributed by atoms with E-state index in [1.54, 1.807) is 0 Å². The number of hydrogen-bond donors (Lipinski definition) is 2. The van der Waals surface area contributed by atoms with Crippen LogP contribution in [0.3, 0.4) is 0 Å². The number of benzene rings is 1. The van der Waals surface area contributed by atoms with Crippen LogP contribution in [-0.4, -0.2) is 26.9 Å². The molecule has 0 aliphatic rings. The Balaban J connectivity index is 2.98. The molecular formula is C8H11NO4S. The van der Waals surface area contributed by atoms with Crippen molar-refractivity contribution in [3.05, 3.63) is 18.2 Å². The monoisotopic (exact) mass is 217 g/mol. The van der Waals surface area contributed by atoms with E-state index >= 15 is 0 Å². The van der Waals surface area contributed by atoms with E-state index in [-0.39, 0.29) is 5.75 Å². The van der Waals surface area contributed by atoms with Crippen molar-refractivity contribution < 1.29 is 18.3 Å². The summed E-state index contributed by atoms with van der Waals surface area (Å²) in [5.74, 6) is 0.185. The van der Waals surface area contributed by atoms with Crippen LogP contribution in [0.4, 0.5) is 5.69 Å². The lowest BCUT2D eigenvalue weighted by Crippen LogP contribution is -2.09. The number of phenolic OH excluding ortho intramolecular Hbond substituents is 1. The van der Waals surface area contributed by atoms with Gasteiger partial charge >= 0.3 is 0 Å². The van der Waals surface area contributed by atoms with Gasteiger partial charge in [-0.15, -0.1) is 0 Å². The topological polar surface area (TPSA) is 75.6 Å². The molecule has 0 heterocycles. The molecule has 2 N–H and O–H groups in total. The Morgan fingerprint density at radius 2 is 2.07 bits per heavy atom. The minimum absolute atomic E-state index is 0.110. The molecule has 78 valence electrons. The minimum atomic E-state index is -3.32. The summed E-state index contributed by atoms with van der Waals surface area (Å²) in [5.41, 5.74) is 0.297. The number of methoxy groups -OCH3 is 1. The number of anilines is 1. The first-order valence-corrected chi connectivity index (χ1v) is 5.66. The third kappa shape index (κ3) is 2.81. The molecule has 0 amide bonds. The van der Waals surface area contributed by atoms with E-state index in [9.17, 15) is 13.5 Å². The molecule has 0 fully saturated rings. The Bertz CT molecular complexity index is 427. The SMILES string of the molecule is COc1ccc(NS(C)(=O)=O)cc1O. The lowest BCUT2D eigenvalue weighted by Gasteiger charge is -2.06. The second-order valence-electron chi connectivity index (χ2n) is 2.76. The van der Waals surface area contributed by atoms with E-state index in [0.717, 1.165) is 6.26 Å². The molecule has 1 rings (SSSR count). The van der Waals surface area contributed by atoms with Gasteiger partial charge in [0.05, 0.1) is 19.1 Å². The molecule has 0 radical (unpaired) electrons. The van der Waals surface area contributed by atoms with E-state index in [4.69, 9.17) is 4.74 Å². The normalized spacial score (nSPS) is 11.0. The van der Waals surface area contributed by atoms with Gasteiger partial charge in [-0.3, -0.25) is 4.72 Å². The summed E-state index contributed by atoms with van der Waals surface area (Å²) < 4.78 is 28.7. The van der Waals surface area contributed by atoms with Crippen molar-refractivity contribution in [2.45, 2.75) is 0 Å². The van der Waals surface area contributed by atoms with Crippen molar-refractivity contribution in [1.29, 1.82) is 0 Å². The maximum atomic E-state index is 10.8. The molecule has 1 aromatic carbocycles. The number of phenols is 1. The number of nitrogens with one attached hydrogen (secondary N) is 1. The van der Waals surface area contributed by atoms with Gasteiger partial charge in [-0.1, -0.05) is 0 Å². The predicted molar refractivity (Wildman–Crippen MR) is 53.1 cm³/mol. The molecule has 5 nitrogen and oxygen atoms in total. The number of hydrogen-bond acceptors (Lipinski definition) is 4. The molecule has 0 saturated carbocycles. The Kier molecular flexibility index (Phi) is 2.85. The summed E-state index contributed by atoms with van der Waals surface area (Å²) in [5, 5.41) is 9.33. The molecule has 14 heavy (non-hydrogen) atoms. The van der Waals surface area contributed by atoms with Crippen molar-refractivity contribution in [3.8, 4) is 11.5 Å². The zero-order valence-electron chi connectivity index (χ0n) is 7.81. The van der Waals surface area contributed by atoms with Crippen LogP contribution >= 0.6 is 0 Å². The summed E-state index contributed by atoms with van der Waals surface area (Å²) in [7, 11) is -1.90. The minimum Gasteiger partial charge on any atom is -0.504 e. The first-order chi connectivity index (χ1) is 6.42. The van der Waals surface area contributed by atoms with Gasteiger partial charge in [0.2, 0.25) is 10.0 Å². The van der Waals surface area contributed by atoms with Crippen molar-refractivity contribution in [1.82, 2.24) is 0 Å². The van der Waals surface area contributed by atoms with E-state index in [1.165, 1.54) is 25.3 Å². The molecule has 0 saturated heterocycles. The number of sulfonamides is 1. The maximum absolute atomic E-state index is 10.8. The Labute approximate surface area is 82.4 Å². The Hall–Kier alpha value is -1.43. The van der Waals surface area contributed by atoms with Crippen LogP contribution < -0.4 is 9.46 Å². The lowest BCUT2D eigenvalue weighted by atomic mass is 10.3. The highest BCUT2D eigenvalue weighted by Crippen LogP contribution is 2.28. The zero-order valence-corrected chi connectivity index (χ0v) is 8.63. The summed E-state index contributed by atoms with van der Waals surface area (Å²) in [6.45, 7) is 0. The largest absolute Gasteiger partial charge is 0.504 e. The molecule has 0 aliphatic heterocycles. The molecule has 0 aliphatic carbocycles. The Morgan fingerprint density at radius 3 is 2.50 bits per heavy atom. The molecule has 0 bridgehead atoms. The smallest absolute Gasteiger partial charge is 0.229 e. The highest BCUT2D eigenvalue weighted by Gasteiger charge is 2.05. The van der Waals surface area contributed by atoms with Gasteiger partial charge in [0, 0.05) is 6.07 Å². The van der Waals surface area contributed by atoms with Crippen molar-refractivity contribution in [2.75, 3.05) is 18.1 Å². The van der Waals surface area contributed by atoms with Gasteiger partial charge in [-0.2, -0.15) is 0 Å². The molecular weight excluding hydrogens is 206 g/mol. The van der Waals surface area contributed by atoms with E-state index in [2.05, 4.69) is 4.72 Å². The van der Waals surface area contributed by atoms with Crippen LogP contribution in [0.5, 0.6) is 11.5 Å². The first kappa shape index (κ1) is 10.6. The maximum Gasteiger partial charge on any atom is 0.229 e. The van der Waals surface area contributed by atoms with Crippen LogP contribution in [0.1, 0.15) is 0 Å². The molecule has 0 spiro atoms. The first-order valence-electron chi connectivity index (χ1n) is 3.77. The third-order valence-electron chi connectivity index (χ3n) is 1.48. The molecule has 0 atom stereocenters. The third-order valence-corrected chi connectivity index (χ3v) is 2.09. The van der Waals surface area contributed by atoms with Gasteiger partial charge in [-0.05, 0) is 12.1 Å². The summed E-state index contributed by atoms with van der Waals surface area (Å²) in [4.78, 5) is 0. The average Bonchev–Trinajstić information content (AvgIpc) is 2.01. The quantitative estimate of drug-likeness (QED) is 0.784. The second kappa shape index (κ2) is 3.75. The van der Waals surface area contributed by atoms with Gasteiger partial charge in [0.15, 0.2) is 11.5 Å². The van der Waals surface area contributed by atoms with Crippen LogP contribution in [0.25, 0.3) is 0 Å². The van der Waals surface area contributed by atoms with Gasteiger partial charge < -0.3 is 9.84 Å². The Morgan fingerprint density at radius 1 is 1.43 bits per heavy atom. The van der Waals surface area contributed by atoms with E-state index in [0.29, 0.717) is 11.4 Å². The van der Waals surface area contributed by atoms with Crippen LogP contribution in [-0.2, 0) is 10.0 Å². The molecule has 1 aromatic rings. The summed E-state index contributed by atoms with van der Waals surface area (Å²) >= 11 is 0. The standard InChI is InChI=1S/C8H11NO4S/c1-13-8-4-3-6(5-7(8)10)9-14(2,11)12/h3-5,9-10H,1-2H3. The summed E-state index contributed by atoms with van der Waals surface area (Å²) in [6, 6.07) is 4.25. The van der Waals surface area contributed by atoms with Gasteiger partial charge in [-0.25, -0.2) is 8.42 Å². The van der Waals surface area contributed by atoms with E-state index < -0.39 is 10.0 Å². The zero-order chi connectivity index (χ0) is 10.8. The number of rotatable bonds is 3. The van der Waals surface area contributed by atoms with Crippen LogP contribution in [0.2, 0.25) is 0 Å². The fourth-order valence-corrected chi connectivity index (χ4v) is 1.52. The predicted octanol–water partition coefficient (Wildman–Crippen LogP) is 0.772. The van der Waals surface area contributed by atoms with Crippen LogP contribution in [0, 0.1) is 0 Å². The number of ether oxygens (including phenoxy) is 1. The lowest BCUT2D eigenvalue weighted by molar-refractivity contribution is 0.373. The highest BCUT2D eigenvalue weighted by molar-refractivity contribution is 7.92. The van der Waals surface area contributed by atoms with E-state index in [1.807, 2.05) is 0 Å². The second-order valence-corrected chi connectivity index (χ2v) is 4.51. The fourth-order valence-electron chi connectivity index (χ4n) is 0.968. The number of aromatic hydroxyl groups is 1. The average molecular weight is 217 g/mol. The van der Waals surface area contributed by atoms with Crippen LogP contribution in [0.15, 0.2) is 18.2 Å². The van der Waals surface area contributed by atoms with Crippen molar-refractivity contribution >= 4 is 15.7 Å². The fraction of sp³-hybridized carbons (Fsp3) is 0.250. The molecule has 0 aromatic heterocycles.